The quantitative estimate of drug-likeness (QED) is 0.421. The molecule has 0 saturated heterocycles. The summed E-state index contributed by atoms with van der Waals surface area (Å²) in [5.74, 6) is 0.229. The van der Waals surface area contributed by atoms with Gasteiger partial charge in [0.2, 0.25) is 0 Å². The van der Waals surface area contributed by atoms with Gasteiger partial charge in [-0.25, -0.2) is 0 Å². The van der Waals surface area contributed by atoms with Crippen LogP contribution in [0.2, 0.25) is 0 Å². The monoisotopic (exact) mass is 332 g/mol. The van der Waals surface area contributed by atoms with E-state index in [2.05, 4.69) is 4.79 Å². The van der Waals surface area contributed by atoms with E-state index in [-0.39, 0.29) is 37.7 Å². The summed E-state index contributed by atoms with van der Waals surface area (Å²) >= 11 is 0. The molecule has 0 radical (unpaired) electrons. The number of phenols is 1. The number of hydrogen-bond acceptors (Lipinski definition) is 4. The first-order valence-corrected chi connectivity index (χ1v) is 7.57. The first-order chi connectivity index (χ1) is 12.0. The summed E-state index contributed by atoms with van der Waals surface area (Å²) in [4.78, 5) is 29.0. The van der Waals surface area contributed by atoms with E-state index in [0.29, 0.717) is 16.5 Å². The Morgan fingerprint density at radius 1 is 1.04 bits per heavy atom. The Labute approximate surface area is 140 Å². The van der Waals surface area contributed by atoms with Crippen LogP contribution < -0.4 is 21.0 Å². The second kappa shape index (κ2) is 5.00. The molecule has 0 amide bonds. The summed E-state index contributed by atoms with van der Waals surface area (Å²) in [5.41, 5.74) is 9.24. The normalized spacial score (nSPS) is 11.3. The van der Waals surface area contributed by atoms with E-state index < -0.39 is 5.43 Å². The number of aromatic hydroxyl groups is 1. The molecule has 2 aromatic rings. The number of fused-ring (bicyclic) bond motifs is 4. The van der Waals surface area contributed by atoms with Crippen LogP contribution in [0.25, 0.3) is 27.1 Å². The van der Waals surface area contributed by atoms with Gasteiger partial charge in [-0.15, -0.1) is 0 Å². The smallest absolute Gasteiger partial charge is 0.370 e. The topological polar surface area (TPSA) is 100 Å². The number of phenolic OH excluding ortho intramolecular Hbond substituents is 1. The summed E-state index contributed by atoms with van der Waals surface area (Å²) in [6.07, 6.45) is 0. The zero-order chi connectivity index (χ0) is 17.9. The van der Waals surface area contributed by atoms with Crippen LogP contribution in [0.1, 0.15) is 5.56 Å². The molecule has 2 aliphatic carbocycles. The summed E-state index contributed by atoms with van der Waals surface area (Å²) < 4.78 is 5.41. The van der Waals surface area contributed by atoms with Crippen molar-refractivity contribution >= 4 is 21.5 Å². The highest BCUT2D eigenvalue weighted by molar-refractivity contribution is 5.96. The molecule has 0 bridgehead atoms. The van der Waals surface area contributed by atoms with Crippen molar-refractivity contribution < 1.29 is 14.6 Å². The average molecular weight is 332 g/mol. The van der Waals surface area contributed by atoms with Gasteiger partial charge >= 0.3 is 5.36 Å². The van der Waals surface area contributed by atoms with E-state index in [4.69, 9.17) is 4.74 Å². The molecular weight excluding hydrogens is 320 g/mol. The SMILES string of the molecule is COc1cc(C)cc2c(=[N+]=[N-])c(=O)c3c4c(O)cccc4c(=O)c=3c12. The Bertz CT molecular complexity index is 1440. The fourth-order valence-corrected chi connectivity index (χ4v) is 3.53. The zero-order valence-corrected chi connectivity index (χ0v) is 13.5. The van der Waals surface area contributed by atoms with E-state index in [0.717, 1.165) is 5.56 Å². The second-order valence-electron chi connectivity index (χ2n) is 5.95. The third-order valence-electron chi connectivity index (χ3n) is 4.53. The molecule has 25 heavy (non-hydrogen) atoms. The van der Waals surface area contributed by atoms with Crippen LogP contribution in [-0.2, 0) is 0 Å². The molecule has 0 unspecified atom stereocenters. The van der Waals surface area contributed by atoms with Crippen LogP contribution >= 0.6 is 0 Å². The number of rotatable bonds is 1. The Kier molecular flexibility index (Phi) is 3.01. The van der Waals surface area contributed by atoms with Crippen molar-refractivity contribution in [2.75, 3.05) is 7.11 Å². The fourth-order valence-electron chi connectivity index (χ4n) is 3.53. The number of nitrogens with zero attached hydrogens (tertiary/aromatic N) is 2. The van der Waals surface area contributed by atoms with Crippen molar-refractivity contribution in [1.82, 2.24) is 0 Å². The van der Waals surface area contributed by atoms with Gasteiger partial charge in [0.05, 0.1) is 17.7 Å². The molecule has 0 aliphatic heterocycles. The Morgan fingerprint density at radius 3 is 2.44 bits per heavy atom. The van der Waals surface area contributed by atoms with Crippen molar-refractivity contribution in [2.24, 2.45) is 0 Å². The minimum Gasteiger partial charge on any atom is -0.507 e. The number of benzene rings is 2. The van der Waals surface area contributed by atoms with Gasteiger partial charge in [-0.05, 0) is 30.7 Å². The van der Waals surface area contributed by atoms with Gasteiger partial charge in [0.1, 0.15) is 11.5 Å². The van der Waals surface area contributed by atoms with Crippen LogP contribution in [0.4, 0.5) is 0 Å². The molecule has 1 N–H and O–H groups in total. The highest BCUT2D eigenvalue weighted by Gasteiger charge is 2.22. The first-order valence-electron chi connectivity index (χ1n) is 7.57. The van der Waals surface area contributed by atoms with Crippen molar-refractivity contribution in [3.63, 3.8) is 0 Å². The highest BCUT2D eigenvalue weighted by Crippen LogP contribution is 2.30. The maximum atomic E-state index is 13.0. The molecule has 0 heterocycles. The molecule has 0 fully saturated rings. The van der Waals surface area contributed by atoms with Gasteiger partial charge in [0.25, 0.3) is 5.43 Å². The van der Waals surface area contributed by atoms with Gasteiger partial charge in [0.15, 0.2) is 5.43 Å². The zero-order valence-electron chi connectivity index (χ0n) is 13.5. The van der Waals surface area contributed by atoms with Gasteiger partial charge in [-0.3, -0.25) is 9.59 Å². The summed E-state index contributed by atoms with van der Waals surface area (Å²) in [6.45, 7) is 1.81. The van der Waals surface area contributed by atoms with E-state index in [1.54, 1.807) is 24.3 Å². The van der Waals surface area contributed by atoms with Crippen LogP contribution in [0.15, 0.2) is 39.9 Å². The highest BCUT2D eigenvalue weighted by atomic mass is 16.5. The van der Waals surface area contributed by atoms with Crippen molar-refractivity contribution in [1.29, 1.82) is 0 Å². The molecule has 0 atom stereocenters. The second-order valence-corrected chi connectivity index (χ2v) is 5.95. The van der Waals surface area contributed by atoms with Crippen LogP contribution in [-0.4, -0.2) is 17.0 Å². The summed E-state index contributed by atoms with van der Waals surface area (Å²) in [5, 5.41) is 11.4. The van der Waals surface area contributed by atoms with Crippen LogP contribution in [0.3, 0.4) is 0 Å². The molecule has 0 saturated carbocycles. The largest absolute Gasteiger partial charge is 0.507 e. The molecule has 2 aromatic carbocycles. The van der Waals surface area contributed by atoms with Gasteiger partial charge in [-0.2, -0.15) is 4.79 Å². The van der Waals surface area contributed by atoms with E-state index >= 15 is 0 Å². The number of methoxy groups -OCH3 is 1. The van der Waals surface area contributed by atoms with Gasteiger partial charge in [0, 0.05) is 21.4 Å². The van der Waals surface area contributed by atoms with Crippen LogP contribution in [0, 0.1) is 17.4 Å². The lowest BCUT2D eigenvalue weighted by atomic mass is 10.0. The minimum absolute atomic E-state index is 0.0422. The molecule has 6 nitrogen and oxygen atoms in total. The molecule has 122 valence electrons. The van der Waals surface area contributed by atoms with Gasteiger partial charge in [-0.1, -0.05) is 12.1 Å². The fraction of sp³-hybridized carbons (Fsp3) is 0.105. The lowest BCUT2D eigenvalue weighted by Crippen LogP contribution is -2.28. The predicted molar refractivity (Wildman–Crippen MR) is 91.4 cm³/mol. The number of ether oxygens (including phenoxy) is 1. The maximum Gasteiger partial charge on any atom is 0.370 e. The number of aryl methyl sites for hydroxylation is 1. The minimum atomic E-state index is -0.605. The molecule has 6 heteroatoms. The third kappa shape index (κ3) is 1.80. The summed E-state index contributed by atoms with van der Waals surface area (Å²) in [7, 11) is 1.46. The molecular formula is C19H12N2O4. The van der Waals surface area contributed by atoms with Crippen molar-refractivity contribution in [2.45, 2.75) is 6.92 Å². The van der Waals surface area contributed by atoms with E-state index in [1.165, 1.54) is 13.2 Å². The summed E-state index contributed by atoms with van der Waals surface area (Å²) in [6, 6.07) is 7.92. The molecule has 4 rings (SSSR count). The standard InChI is InChI=1S/C19H12N2O4/c1-8-6-10-14(12(7-8)25-2)16-15(19(24)17(10)21-20)13-9(18(16)23)4-3-5-11(13)22/h3-7,22H,1-2H3. The third-order valence-corrected chi connectivity index (χ3v) is 4.53. The van der Waals surface area contributed by atoms with Crippen molar-refractivity contribution in [3.8, 4) is 11.5 Å². The Morgan fingerprint density at radius 2 is 1.76 bits per heavy atom. The molecule has 0 aromatic heterocycles. The van der Waals surface area contributed by atoms with Gasteiger partial charge < -0.3 is 15.4 Å². The number of hydrogen-bond donors (Lipinski definition) is 1. The Hall–Kier alpha value is -3.50. The maximum absolute atomic E-state index is 13.0. The Balaban J connectivity index is 2.63. The average Bonchev–Trinajstić information content (AvgIpc) is 2.89. The van der Waals surface area contributed by atoms with E-state index in [1.807, 2.05) is 6.92 Å². The van der Waals surface area contributed by atoms with E-state index in [9.17, 15) is 20.2 Å². The first kappa shape index (κ1) is 15.1. The van der Waals surface area contributed by atoms with Crippen LogP contribution in [0.5, 0.6) is 11.5 Å². The molecule has 0 spiro atoms. The lowest BCUT2D eigenvalue weighted by Gasteiger charge is -2.05. The lowest BCUT2D eigenvalue weighted by molar-refractivity contribution is -0.0642. The predicted octanol–water partition coefficient (Wildman–Crippen LogP) is 1.47. The molecule has 2 aliphatic rings. The van der Waals surface area contributed by atoms with Crippen molar-refractivity contribution in [3.05, 3.63) is 77.7 Å².